The molecule has 2 aromatic carbocycles. The molecular formula is C36H57N3O7S2. The van der Waals surface area contributed by atoms with Gasteiger partial charge in [-0.25, -0.2) is 16.8 Å². The number of aliphatic hydroxyl groups excluding tert-OH is 1. The fourth-order valence-corrected chi connectivity index (χ4v) is 10.0. The van der Waals surface area contributed by atoms with Gasteiger partial charge < -0.3 is 23.8 Å². The predicted octanol–water partition coefficient (Wildman–Crippen LogP) is 4.48. The van der Waals surface area contributed by atoms with E-state index in [1.165, 1.54) is 50.3 Å². The van der Waals surface area contributed by atoms with Crippen LogP contribution in [0, 0.1) is 5.41 Å². The fraction of sp³-hybridized carbons (Fsp3) is 0.667. The van der Waals surface area contributed by atoms with Crippen LogP contribution in [0.1, 0.15) is 75.8 Å². The van der Waals surface area contributed by atoms with E-state index >= 15 is 0 Å². The Hall–Kier alpha value is -2.22. The Labute approximate surface area is 289 Å². The van der Waals surface area contributed by atoms with Crippen molar-refractivity contribution in [3.63, 3.8) is 0 Å². The van der Waals surface area contributed by atoms with Crippen LogP contribution in [0.4, 0.5) is 5.69 Å². The van der Waals surface area contributed by atoms with Gasteiger partial charge in [0.15, 0.2) is 9.84 Å². The van der Waals surface area contributed by atoms with Crippen molar-refractivity contribution in [2.75, 3.05) is 83.4 Å². The Balaban J connectivity index is 0.000000968. The molecule has 0 spiro atoms. The number of aliphatic hydroxyl groups is 1. The van der Waals surface area contributed by atoms with Gasteiger partial charge in [0.25, 0.3) is 0 Å². The van der Waals surface area contributed by atoms with Crippen LogP contribution in [0.3, 0.4) is 0 Å². The van der Waals surface area contributed by atoms with Gasteiger partial charge in [-0.15, -0.1) is 0 Å². The second-order valence-electron chi connectivity index (χ2n) is 14.4. The molecule has 4 aliphatic heterocycles. The van der Waals surface area contributed by atoms with E-state index in [0.29, 0.717) is 36.2 Å². The van der Waals surface area contributed by atoms with Gasteiger partial charge in [0, 0.05) is 63.4 Å². The Morgan fingerprint density at radius 2 is 1.54 bits per heavy atom. The SMILES string of the molecule is CCCCC1(CCCC)CS(=O)(=O)c2ccc(N(C)C)cc2[C@@H](c2ccc(OCCC[N+]34CCN(CC3)CC4)cc2)[C@H]1O.CS(=O)(=O)[O-]. The normalized spacial score (nSPS) is 25.7. The number of ether oxygens (including phenoxy) is 1. The number of anilines is 1. The molecule has 2 aromatic rings. The Kier molecular flexibility index (Phi) is 13.0. The summed E-state index contributed by atoms with van der Waals surface area (Å²) in [5.41, 5.74) is 1.88. The Morgan fingerprint density at radius 1 is 0.979 bits per heavy atom. The summed E-state index contributed by atoms with van der Waals surface area (Å²) in [7, 11) is -3.59. The molecule has 12 heteroatoms. The number of fused-ring (bicyclic) bond motifs is 4. The zero-order chi connectivity index (χ0) is 35.2. The highest BCUT2D eigenvalue weighted by atomic mass is 32.2. The predicted molar refractivity (Wildman–Crippen MR) is 190 cm³/mol. The quantitative estimate of drug-likeness (QED) is 0.182. The van der Waals surface area contributed by atoms with Crippen LogP contribution < -0.4 is 9.64 Å². The average Bonchev–Trinajstić information content (AvgIpc) is 3.11. The third-order valence-electron chi connectivity index (χ3n) is 10.6. The molecule has 0 saturated carbocycles. The Bertz CT molecular complexity index is 1520. The molecule has 3 saturated heterocycles. The first-order valence-corrected chi connectivity index (χ1v) is 21.0. The lowest BCUT2D eigenvalue weighted by molar-refractivity contribution is -0.941. The van der Waals surface area contributed by atoms with Crippen LogP contribution in [0.5, 0.6) is 5.75 Å². The van der Waals surface area contributed by atoms with Crippen LogP contribution in [-0.4, -0.2) is 121 Å². The third-order valence-corrected chi connectivity index (χ3v) is 12.6. The minimum absolute atomic E-state index is 0.00873. The van der Waals surface area contributed by atoms with Gasteiger partial charge in [-0.3, -0.25) is 4.90 Å². The fourth-order valence-electron chi connectivity index (χ4n) is 7.82. The van der Waals surface area contributed by atoms with Crippen molar-refractivity contribution in [2.24, 2.45) is 5.41 Å². The summed E-state index contributed by atoms with van der Waals surface area (Å²) in [6, 6.07) is 13.7. The van der Waals surface area contributed by atoms with Gasteiger partial charge in [-0.1, -0.05) is 51.7 Å². The Morgan fingerprint density at radius 3 is 2.06 bits per heavy atom. The van der Waals surface area contributed by atoms with Gasteiger partial charge >= 0.3 is 0 Å². The maximum atomic E-state index is 14.1. The van der Waals surface area contributed by atoms with Crippen molar-refractivity contribution < 1.29 is 35.7 Å². The summed E-state index contributed by atoms with van der Waals surface area (Å²) in [5, 5.41) is 12.4. The number of hydrogen-bond donors (Lipinski definition) is 1. The van der Waals surface area contributed by atoms with Crippen molar-refractivity contribution in [2.45, 2.75) is 75.7 Å². The lowest BCUT2D eigenvalue weighted by Gasteiger charge is -2.50. The number of hydrogen-bond acceptors (Lipinski definition) is 9. The molecule has 2 bridgehead atoms. The maximum Gasteiger partial charge on any atom is 0.179 e. The first-order valence-electron chi connectivity index (χ1n) is 17.6. The third kappa shape index (κ3) is 9.72. The lowest BCUT2D eigenvalue weighted by atomic mass is 9.68. The molecule has 10 nitrogen and oxygen atoms in total. The number of sulfone groups is 1. The highest BCUT2D eigenvalue weighted by Crippen LogP contribution is 2.50. The molecule has 0 unspecified atom stereocenters. The number of nitrogens with zero attached hydrogens (tertiary/aromatic N) is 3. The zero-order valence-electron chi connectivity index (χ0n) is 29.6. The standard InChI is InChI=1S/C35H54N3O4S.CH4O3S/c1-5-7-16-35(17-8-6-2)27-43(40,41)32-15-12-29(36(3)4)26-31(32)33(34(35)39)28-10-13-30(14-11-28)42-25-9-21-38-22-18-37(19-23-38)20-24-38;1-5(2,3)4/h10-15,26,33-34,39H,5-9,16-25,27H2,1-4H3;1H3,(H,2,3,4)/q+1;/p-1/t33-,34-;/m1./s1. The second-order valence-corrected chi connectivity index (χ2v) is 17.8. The highest BCUT2D eigenvalue weighted by molar-refractivity contribution is 7.91. The zero-order valence-corrected chi connectivity index (χ0v) is 31.2. The molecule has 0 aliphatic carbocycles. The van der Waals surface area contributed by atoms with Crippen LogP contribution >= 0.6 is 0 Å². The summed E-state index contributed by atoms with van der Waals surface area (Å²) in [6.45, 7) is 13.6. The molecule has 4 heterocycles. The maximum absolute atomic E-state index is 14.1. The van der Waals surface area contributed by atoms with Crippen LogP contribution in [0.2, 0.25) is 0 Å². The van der Waals surface area contributed by atoms with Crippen LogP contribution in [0.15, 0.2) is 47.4 Å². The van der Waals surface area contributed by atoms with Gasteiger partial charge in [0.2, 0.25) is 0 Å². The largest absolute Gasteiger partial charge is 0.748 e. The molecule has 0 radical (unpaired) electrons. The van der Waals surface area contributed by atoms with Gasteiger partial charge in [0.1, 0.15) is 5.75 Å². The minimum atomic E-state index is -3.92. The number of rotatable bonds is 13. The molecule has 2 atom stereocenters. The summed E-state index contributed by atoms with van der Waals surface area (Å²) in [5.74, 6) is 0.377. The number of piperazine rings is 3. The number of benzene rings is 2. The summed E-state index contributed by atoms with van der Waals surface area (Å²) in [4.78, 5) is 4.94. The van der Waals surface area contributed by atoms with Gasteiger partial charge in [-0.05, 0) is 54.3 Å². The average molecular weight is 708 g/mol. The molecule has 6 rings (SSSR count). The molecule has 0 amide bonds. The topological polar surface area (TPSA) is 127 Å². The highest BCUT2D eigenvalue weighted by Gasteiger charge is 2.49. The van der Waals surface area contributed by atoms with E-state index in [-0.39, 0.29) is 5.75 Å². The second kappa shape index (κ2) is 16.2. The van der Waals surface area contributed by atoms with E-state index < -0.39 is 37.4 Å². The first kappa shape index (κ1) is 38.6. The molecule has 270 valence electrons. The molecule has 48 heavy (non-hydrogen) atoms. The van der Waals surface area contributed by atoms with Crippen molar-refractivity contribution in [1.82, 2.24) is 4.90 Å². The van der Waals surface area contributed by atoms with Crippen molar-refractivity contribution in [3.05, 3.63) is 53.6 Å². The van der Waals surface area contributed by atoms with Crippen molar-refractivity contribution >= 4 is 25.6 Å². The smallest absolute Gasteiger partial charge is 0.179 e. The summed E-state index contributed by atoms with van der Waals surface area (Å²) in [6.07, 6.45) is 5.96. The van der Waals surface area contributed by atoms with Gasteiger partial charge in [-0.2, -0.15) is 0 Å². The number of unbranched alkanes of at least 4 members (excludes halogenated alkanes) is 2. The molecule has 4 aliphatic rings. The van der Waals surface area contributed by atoms with E-state index in [9.17, 15) is 13.5 Å². The summed E-state index contributed by atoms with van der Waals surface area (Å²) < 4.78 is 62.8. The van der Waals surface area contributed by atoms with E-state index in [1.807, 2.05) is 55.4 Å². The monoisotopic (exact) mass is 707 g/mol. The van der Waals surface area contributed by atoms with E-state index in [4.69, 9.17) is 17.7 Å². The molecule has 0 aromatic heterocycles. The van der Waals surface area contributed by atoms with E-state index in [0.717, 1.165) is 49.1 Å². The van der Waals surface area contributed by atoms with Crippen LogP contribution in [0.25, 0.3) is 0 Å². The molecular weight excluding hydrogens is 651 g/mol. The van der Waals surface area contributed by atoms with Crippen LogP contribution in [-0.2, 0) is 20.0 Å². The van der Waals surface area contributed by atoms with Gasteiger partial charge in [0.05, 0.1) is 59.7 Å². The summed E-state index contributed by atoms with van der Waals surface area (Å²) >= 11 is 0. The van der Waals surface area contributed by atoms with Crippen molar-refractivity contribution in [3.8, 4) is 5.75 Å². The molecule has 3 fully saturated rings. The number of quaternary nitrogens is 1. The van der Waals surface area contributed by atoms with Crippen molar-refractivity contribution in [1.29, 1.82) is 0 Å². The van der Waals surface area contributed by atoms with E-state index in [1.54, 1.807) is 6.07 Å². The minimum Gasteiger partial charge on any atom is -0.748 e. The lowest BCUT2D eigenvalue weighted by Crippen LogP contribution is -2.67. The first-order chi connectivity index (χ1) is 22.6. The molecule has 1 N–H and O–H groups in total. The van der Waals surface area contributed by atoms with E-state index in [2.05, 4.69) is 18.7 Å².